The number of aliphatic hydroxyl groups excluding tert-OH is 1. The molecule has 0 saturated heterocycles. The van der Waals surface area contributed by atoms with Crippen molar-refractivity contribution in [1.29, 1.82) is 0 Å². The zero-order valence-electron chi connectivity index (χ0n) is 26.9. The molecule has 0 fully saturated rings. The molecule has 4 amide bonds. The molecule has 10 N–H and O–H groups in total. The van der Waals surface area contributed by atoms with Crippen molar-refractivity contribution in [3.63, 3.8) is 0 Å². The number of carboxylic acids is 1. The summed E-state index contributed by atoms with van der Waals surface area (Å²) in [7, 11) is 0. The Hall–Kier alpha value is -5.28. The number of aliphatic carboxylic acids is 1. The van der Waals surface area contributed by atoms with Crippen molar-refractivity contribution in [2.45, 2.75) is 76.3 Å². The van der Waals surface area contributed by atoms with E-state index >= 15 is 0 Å². The first-order valence-corrected chi connectivity index (χ1v) is 15.4. The second-order valence-electron chi connectivity index (χ2n) is 11.9. The van der Waals surface area contributed by atoms with Gasteiger partial charge in [0.25, 0.3) is 0 Å². The van der Waals surface area contributed by atoms with E-state index in [9.17, 15) is 39.3 Å². The van der Waals surface area contributed by atoms with Crippen LogP contribution in [-0.4, -0.2) is 91.2 Å². The quantitative estimate of drug-likeness (QED) is 0.0897. The van der Waals surface area contributed by atoms with Gasteiger partial charge in [-0.05, 0) is 42.5 Å². The van der Waals surface area contributed by atoms with Crippen molar-refractivity contribution >= 4 is 29.6 Å². The molecule has 15 nitrogen and oxygen atoms in total. The lowest BCUT2D eigenvalue weighted by molar-refractivity contribution is -0.145. The van der Waals surface area contributed by atoms with Crippen LogP contribution in [0.25, 0.3) is 0 Å². The van der Waals surface area contributed by atoms with Gasteiger partial charge in [0.15, 0.2) is 6.04 Å². The Morgan fingerprint density at radius 1 is 0.750 bits per heavy atom. The number of benzene rings is 2. The molecule has 0 radical (unpaired) electrons. The van der Waals surface area contributed by atoms with E-state index in [2.05, 4.69) is 31.2 Å². The molecule has 0 spiro atoms. The van der Waals surface area contributed by atoms with Gasteiger partial charge in [0, 0.05) is 24.7 Å². The monoisotopic (exact) mass is 665 g/mol. The molecule has 2 aromatic carbocycles. The van der Waals surface area contributed by atoms with Crippen molar-refractivity contribution in [3.8, 4) is 5.75 Å². The number of carboxylic acid groups (broad SMARTS) is 1. The summed E-state index contributed by atoms with van der Waals surface area (Å²) in [4.78, 5) is 72.2. The molecule has 6 atom stereocenters. The minimum Gasteiger partial charge on any atom is -0.508 e. The van der Waals surface area contributed by atoms with Crippen molar-refractivity contribution < 1.29 is 39.3 Å². The molecule has 48 heavy (non-hydrogen) atoms. The van der Waals surface area contributed by atoms with Crippen molar-refractivity contribution in [2.75, 3.05) is 0 Å². The molecule has 258 valence electrons. The second-order valence-corrected chi connectivity index (χ2v) is 11.9. The predicted molar refractivity (Wildman–Crippen MR) is 174 cm³/mol. The number of aliphatic hydroxyl groups is 1. The Balaban J connectivity index is 1.82. The summed E-state index contributed by atoms with van der Waals surface area (Å²) in [5, 5.41) is 39.3. The average Bonchev–Trinajstić information content (AvgIpc) is 3.55. The van der Waals surface area contributed by atoms with Gasteiger partial charge in [-0.15, -0.1) is 0 Å². The standard InChI is InChI=1S/C33H43N7O8/c1-18(2)27(39-29(43)24(34)13-20-7-5-4-6-8-20)32(46)38-26(15-22-16-35-17-36-22)30(44)37-25(14-21-9-11-23(42)12-10-21)31(45)40-28(19(3)41)33(47)48/h4-12,16-19,24-28,41-42H,13-15,34H2,1-3H3,(H,35,36)(H,37,44)(H,38,46)(H,39,43)(H,40,45)(H,47,48)/t19-,24+,25+,26+,27+,28+/m1/s1. The zero-order valence-corrected chi connectivity index (χ0v) is 26.9. The Kier molecular flexibility index (Phi) is 13.6. The highest BCUT2D eigenvalue weighted by Crippen LogP contribution is 2.13. The largest absolute Gasteiger partial charge is 0.508 e. The number of carbonyl (C=O) groups is 5. The number of nitrogens with two attached hydrogens (primary N) is 1. The number of carbonyl (C=O) groups excluding carboxylic acids is 4. The van der Waals surface area contributed by atoms with E-state index < -0.39 is 71.8 Å². The Labute approximate surface area is 277 Å². The molecular formula is C33H43N7O8. The first-order chi connectivity index (χ1) is 22.7. The van der Waals surface area contributed by atoms with Gasteiger partial charge < -0.3 is 47.3 Å². The summed E-state index contributed by atoms with van der Waals surface area (Å²) < 4.78 is 0. The molecule has 15 heteroatoms. The normalized spacial score (nSPS) is 14.9. The lowest BCUT2D eigenvalue weighted by Gasteiger charge is -2.28. The number of phenolic OH excluding ortho intramolecular Hbond substituents is 1. The Morgan fingerprint density at radius 2 is 1.31 bits per heavy atom. The molecule has 0 aliphatic heterocycles. The predicted octanol–water partition coefficient (Wildman–Crippen LogP) is -0.469. The lowest BCUT2D eigenvalue weighted by Crippen LogP contribution is -2.60. The first-order valence-electron chi connectivity index (χ1n) is 15.4. The van der Waals surface area contributed by atoms with E-state index in [0.29, 0.717) is 11.3 Å². The van der Waals surface area contributed by atoms with Crippen LogP contribution in [0.1, 0.15) is 37.6 Å². The number of phenols is 1. The molecule has 1 aromatic heterocycles. The number of amides is 4. The number of rotatable bonds is 17. The van der Waals surface area contributed by atoms with Crippen LogP contribution in [0.3, 0.4) is 0 Å². The molecule has 1 heterocycles. The molecule has 0 unspecified atom stereocenters. The van der Waals surface area contributed by atoms with Gasteiger partial charge in [-0.25, -0.2) is 9.78 Å². The lowest BCUT2D eigenvalue weighted by atomic mass is 10.00. The van der Waals surface area contributed by atoms with E-state index in [-0.39, 0.29) is 25.0 Å². The number of aromatic amines is 1. The fourth-order valence-corrected chi connectivity index (χ4v) is 4.83. The summed E-state index contributed by atoms with van der Waals surface area (Å²) in [5.74, 6) is -4.85. The van der Waals surface area contributed by atoms with Crippen LogP contribution in [0.5, 0.6) is 5.75 Å². The molecule has 0 aliphatic carbocycles. The number of hydrogen-bond acceptors (Lipinski definition) is 9. The highest BCUT2D eigenvalue weighted by atomic mass is 16.4. The van der Waals surface area contributed by atoms with E-state index in [1.54, 1.807) is 13.8 Å². The summed E-state index contributed by atoms with van der Waals surface area (Å²) in [6, 6.07) is 8.64. The SMILES string of the molecule is CC(C)[C@H](NC(=O)[C@@H](N)Cc1ccccc1)C(=O)N[C@@H](Cc1cnc[nH]1)C(=O)N[C@@H](Cc1ccc(O)cc1)C(=O)N[C@H](C(=O)O)[C@@H](C)O. The van der Waals surface area contributed by atoms with Crippen molar-refractivity contribution in [2.24, 2.45) is 11.7 Å². The number of nitrogens with one attached hydrogen (secondary N) is 5. The third kappa shape index (κ3) is 11.2. The summed E-state index contributed by atoms with van der Waals surface area (Å²) in [6.45, 7) is 4.63. The molecule has 0 aliphatic rings. The second kappa shape index (κ2) is 17.6. The summed E-state index contributed by atoms with van der Waals surface area (Å²) in [6.07, 6.45) is 1.43. The van der Waals surface area contributed by atoms with Crippen LogP contribution in [0.2, 0.25) is 0 Å². The Bertz CT molecular complexity index is 1510. The Morgan fingerprint density at radius 3 is 1.88 bits per heavy atom. The zero-order chi connectivity index (χ0) is 35.4. The highest BCUT2D eigenvalue weighted by molar-refractivity contribution is 5.95. The van der Waals surface area contributed by atoms with E-state index in [1.165, 1.54) is 43.7 Å². The topological polar surface area (TPSA) is 249 Å². The van der Waals surface area contributed by atoms with E-state index in [4.69, 9.17) is 5.73 Å². The fraction of sp³-hybridized carbons (Fsp3) is 0.394. The van der Waals surface area contributed by atoms with Gasteiger partial charge in [-0.2, -0.15) is 0 Å². The maximum absolute atomic E-state index is 13.8. The number of aromatic hydroxyl groups is 1. The minimum atomic E-state index is -1.67. The van der Waals surface area contributed by atoms with E-state index in [1.807, 2.05) is 30.3 Å². The smallest absolute Gasteiger partial charge is 0.328 e. The van der Waals surface area contributed by atoms with Crippen LogP contribution < -0.4 is 27.0 Å². The molecule has 3 rings (SSSR count). The molecule has 0 bridgehead atoms. The maximum Gasteiger partial charge on any atom is 0.328 e. The van der Waals surface area contributed by atoms with Crippen molar-refractivity contribution in [3.05, 3.63) is 83.9 Å². The van der Waals surface area contributed by atoms with E-state index in [0.717, 1.165) is 5.56 Å². The maximum atomic E-state index is 13.8. The molecular weight excluding hydrogens is 622 g/mol. The summed E-state index contributed by atoms with van der Waals surface area (Å²) >= 11 is 0. The average molecular weight is 666 g/mol. The number of H-pyrrole nitrogens is 1. The van der Waals surface area contributed by atoms with Gasteiger partial charge >= 0.3 is 5.97 Å². The number of nitrogens with zero attached hydrogens (tertiary/aromatic N) is 1. The third-order valence-corrected chi connectivity index (χ3v) is 7.55. The highest BCUT2D eigenvalue weighted by Gasteiger charge is 2.34. The number of aromatic nitrogens is 2. The minimum absolute atomic E-state index is 0.0287. The summed E-state index contributed by atoms with van der Waals surface area (Å²) in [5.41, 5.74) is 7.98. The molecule has 3 aromatic rings. The van der Waals surface area contributed by atoms with Gasteiger partial charge in [-0.3, -0.25) is 19.2 Å². The number of hydrogen-bond donors (Lipinski definition) is 9. The van der Waals surface area contributed by atoms with Crippen molar-refractivity contribution in [1.82, 2.24) is 31.2 Å². The van der Waals surface area contributed by atoms with Gasteiger partial charge in [0.2, 0.25) is 23.6 Å². The number of imidazole rings is 1. The van der Waals surface area contributed by atoms with Crippen LogP contribution in [0.4, 0.5) is 0 Å². The van der Waals surface area contributed by atoms with Gasteiger partial charge in [-0.1, -0.05) is 56.3 Å². The van der Waals surface area contributed by atoms with Gasteiger partial charge in [0.1, 0.15) is 23.9 Å². The van der Waals surface area contributed by atoms with Crippen LogP contribution in [-0.2, 0) is 43.2 Å². The first kappa shape index (κ1) is 37.2. The fourth-order valence-electron chi connectivity index (χ4n) is 4.83. The van der Waals surface area contributed by atoms with Crippen LogP contribution in [0, 0.1) is 5.92 Å². The van der Waals surface area contributed by atoms with Crippen LogP contribution in [0.15, 0.2) is 67.1 Å². The van der Waals surface area contributed by atoms with Gasteiger partial charge in [0.05, 0.1) is 18.5 Å². The molecule has 0 saturated carbocycles. The third-order valence-electron chi connectivity index (χ3n) is 7.55. The van der Waals surface area contributed by atoms with Crippen LogP contribution >= 0.6 is 0 Å².